The molecule has 0 unspecified atom stereocenters. The van der Waals surface area contributed by atoms with Crippen LogP contribution in [0.1, 0.15) is 0 Å². The largest absolute Gasteiger partial charge is 0.455 e. The third-order valence-electron chi connectivity index (χ3n) is 4.42. The molecule has 8 heteroatoms. The maximum Gasteiger partial charge on any atom is 0.184 e. The summed E-state index contributed by atoms with van der Waals surface area (Å²) in [5.74, 6) is 1.09. The summed E-state index contributed by atoms with van der Waals surface area (Å²) in [6.07, 6.45) is 3.33. The lowest BCUT2D eigenvalue weighted by Crippen LogP contribution is -2.44. The Kier molecular flexibility index (Phi) is 4.26. The minimum atomic E-state index is -0.524. The molecule has 7 nitrogen and oxygen atoms in total. The zero-order valence-electron chi connectivity index (χ0n) is 14.4. The van der Waals surface area contributed by atoms with Crippen molar-refractivity contribution < 1.29 is 9.13 Å². The van der Waals surface area contributed by atoms with Crippen LogP contribution in [-0.2, 0) is 0 Å². The lowest BCUT2D eigenvalue weighted by atomic mass is 10.3. The van der Waals surface area contributed by atoms with Crippen molar-refractivity contribution in [1.29, 1.82) is 0 Å². The Morgan fingerprint density at radius 1 is 1.12 bits per heavy atom. The van der Waals surface area contributed by atoms with Gasteiger partial charge in [0.1, 0.15) is 17.4 Å². The van der Waals surface area contributed by atoms with E-state index < -0.39 is 5.82 Å². The van der Waals surface area contributed by atoms with Gasteiger partial charge in [0.2, 0.25) is 0 Å². The Labute approximate surface area is 150 Å². The Hall–Kier alpha value is -3.00. The number of ether oxygens (including phenoxy) is 1. The number of nitrogens with zero attached hydrogens (tertiary/aromatic N) is 5. The second-order valence-corrected chi connectivity index (χ2v) is 6.29. The van der Waals surface area contributed by atoms with Crippen molar-refractivity contribution in [3.05, 3.63) is 42.5 Å². The Balaban J connectivity index is 1.63. The molecular weight excluding hydrogens is 335 g/mol. The molecule has 1 aliphatic rings. The summed E-state index contributed by atoms with van der Waals surface area (Å²) in [6, 6.07) is 6.00. The third-order valence-corrected chi connectivity index (χ3v) is 4.42. The van der Waals surface area contributed by atoms with Crippen molar-refractivity contribution >= 4 is 22.7 Å². The quantitative estimate of drug-likeness (QED) is 0.723. The highest BCUT2D eigenvalue weighted by Crippen LogP contribution is 2.29. The van der Waals surface area contributed by atoms with Crippen LogP contribution in [0.15, 0.2) is 36.7 Å². The first-order chi connectivity index (χ1) is 12.6. The maximum absolute atomic E-state index is 13.6. The average Bonchev–Trinajstić information content (AvgIpc) is 2.65. The molecule has 4 rings (SSSR count). The van der Waals surface area contributed by atoms with Crippen LogP contribution >= 0.6 is 0 Å². The van der Waals surface area contributed by atoms with Gasteiger partial charge < -0.3 is 20.3 Å². The van der Waals surface area contributed by atoms with Gasteiger partial charge in [0.25, 0.3) is 0 Å². The van der Waals surface area contributed by atoms with Gasteiger partial charge >= 0.3 is 0 Å². The van der Waals surface area contributed by atoms with E-state index in [1.54, 1.807) is 24.5 Å². The predicted octanol–water partition coefficient (Wildman–Crippen LogP) is 2.29. The molecule has 26 heavy (non-hydrogen) atoms. The van der Waals surface area contributed by atoms with Crippen molar-refractivity contribution in [1.82, 2.24) is 19.9 Å². The first-order valence-corrected chi connectivity index (χ1v) is 8.38. The van der Waals surface area contributed by atoms with Gasteiger partial charge in [-0.2, -0.15) is 0 Å². The zero-order valence-corrected chi connectivity index (χ0v) is 14.4. The van der Waals surface area contributed by atoms with Gasteiger partial charge in [0, 0.05) is 44.5 Å². The molecule has 2 N–H and O–H groups in total. The fourth-order valence-corrected chi connectivity index (χ4v) is 2.86. The van der Waals surface area contributed by atoms with Crippen molar-refractivity contribution in [2.45, 2.75) is 0 Å². The smallest absolute Gasteiger partial charge is 0.184 e. The van der Waals surface area contributed by atoms with Crippen molar-refractivity contribution in [2.75, 3.05) is 43.9 Å². The van der Waals surface area contributed by atoms with Crippen molar-refractivity contribution in [2.24, 2.45) is 0 Å². The number of anilines is 2. The number of hydrogen-bond acceptors (Lipinski definition) is 7. The average molecular weight is 354 g/mol. The lowest BCUT2D eigenvalue weighted by molar-refractivity contribution is 0.312. The van der Waals surface area contributed by atoms with Gasteiger partial charge in [0.15, 0.2) is 16.9 Å². The van der Waals surface area contributed by atoms with E-state index in [0.29, 0.717) is 22.7 Å². The van der Waals surface area contributed by atoms with Crippen LogP contribution in [0.3, 0.4) is 0 Å². The molecule has 1 aliphatic heterocycles. The Bertz CT molecular complexity index is 942. The van der Waals surface area contributed by atoms with E-state index in [1.165, 1.54) is 12.1 Å². The van der Waals surface area contributed by atoms with Crippen LogP contribution in [0.2, 0.25) is 0 Å². The number of hydrogen-bond donors (Lipinski definition) is 1. The predicted molar refractivity (Wildman–Crippen MR) is 97.9 cm³/mol. The molecule has 1 saturated heterocycles. The second kappa shape index (κ2) is 6.72. The zero-order chi connectivity index (χ0) is 18.1. The van der Waals surface area contributed by atoms with Gasteiger partial charge in [-0.1, -0.05) is 0 Å². The number of nitrogen functional groups attached to an aromatic ring is 1. The molecule has 0 spiro atoms. The topological polar surface area (TPSA) is 80.4 Å². The number of likely N-dealkylation sites (N-methyl/N-ethyl adjacent to an activating group) is 1. The molecule has 0 aliphatic carbocycles. The van der Waals surface area contributed by atoms with E-state index >= 15 is 0 Å². The fourth-order valence-electron chi connectivity index (χ4n) is 2.86. The first kappa shape index (κ1) is 16.5. The summed E-state index contributed by atoms with van der Waals surface area (Å²) in [4.78, 5) is 17.9. The fraction of sp³-hybridized carbons (Fsp3) is 0.278. The van der Waals surface area contributed by atoms with E-state index in [4.69, 9.17) is 10.5 Å². The molecule has 0 saturated carbocycles. The number of pyridine rings is 1. The Morgan fingerprint density at radius 3 is 2.69 bits per heavy atom. The molecule has 0 amide bonds. The monoisotopic (exact) mass is 354 g/mol. The number of fused-ring (bicyclic) bond motifs is 1. The van der Waals surface area contributed by atoms with Gasteiger partial charge in [-0.05, 0) is 19.2 Å². The van der Waals surface area contributed by atoms with Crippen LogP contribution in [0.25, 0.3) is 11.2 Å². The van der Waals surface area contributed by atoms with Crippen LogP contribution in [0, 0.1) is 5.82 Å². The van der Waals surface area contributed by atoms with Crippen LogP contribution < -0.4 is 15.4 Å². The van der Waals surface area contributed by atoms with Gasteiger partial charge in [-0.3, -0.25) is 0 Å². The summed E-state index contributed by atoms with van der Waals surface area (Å²) < 4.78 is 19.4. The van der Waals surface area contributed by atoms with Gasteiger partial charge in [-0.25, -0.2) is 19.3 Å². The summed E-state index contributed by atoms with van der Waals surface area (Å²) >= 11 is 0. The van der Waals surface area contributed by atoms with Crippen molar-refractivity contribution in [3.8, 4) is 11.5 Å². The summed E-state index contributed by atoms with van der Waals surface area (Å²) in [5, 5.41) is 0. The molecule has 0 radical (unpaired) electrons. The molecule has 3 aromatic rings. The van der Waals surface area contributed by atoms with E-state index in [1.807, 2.05) is 0 Å². The summed E-state index contributed by atoms with van der Waals surface area (Å²) in [5.41, 5.74) is 6.60. The highest BCUT2D eigenvalue weighted by atomic mass is 19.1. The number of benzene rings is 1. The molecule has 3 heterocycles. The highest BCUT2D eigenvalue weighted by molar-refractivity contribution is 5.78. The molecule has 2 aromatic heterocycles. The molecule has 0 bridgehead atoms. The normalized spacial score (nSPS) is 15.4. The second-order valence-electron chi connectivity index (χ2n) is 6.29. The van der Waals surface area contributed by atoms with Crippen molar-refractivity contribution in [3.63, 3.8) is 0 Å². The number of halogens is 1. The molecule has 1 aromatic carbocycles. The summed E-state index contributed by atoms with van der Waals surface area (Å²) in [6.45, 7) is 3.77. The number of nitrogens with two attached hydrogens (primary N) is 1. The molecule has 134 valence electrons. The first-order valence-electron chi connectivity index (χ1n) is 8.38. The third kappa shape index (κ3) is 3.23. The minimum Gasteiger partial charge on any atom is -0.455 e. The van der Waals surface area contributed by atoms with E-state index in [9.17, 15) is 4.39 Å². The maximum atomic E-state index is 13.6. The molecular formula is C18H19FN6O. The minimum absolute atomic E-state index is 0.0774. The van der Waals surface area contributed by atoms with Crippen LogP contribution in [-0.4, -0.2) is 53.1 Å². The SMILES string of the molecule is CN1CCN(c2cnc3c(Oc4ccc(N)c(F)c4)ccnc3n2)CC1. The van der Waals surface area contributed by atoms with Crippen LogP contribution in [0.4, 0.5) is 15.9 Å². The van der Waals surface area contributed by atoms with E-state index in [0.717, 1.165) is 32.0 Å². The van der Waals surface area contributed by atoms with Gasteiger partial charge in [-0.15, -0.1) is 0 Å². The summed E-state index contributed by atoms with van der Waals surface area (Å²) in [7, 11) is 2.11. The van der Waals surface area contributed by atoms with Gasteiger partial charge in [0.05, 0.1) is 11.9 Å². The van der Waals surface area contributed by atoms with E-state index in [-0.39, 0.29) is 5.69 Å². The number of aromatic nitrogens is 3. The molecule has 0 atom stereocenters. The lowest BCUT2D eigenvalue weighted by Gasteiger charge is -2.32. The Morgan fingerprint density at radius 2 is 1.92 bits per heavy atom. The number of piperazine rings is 1. The van der Waals surface area contributed by atoms with E-state index in [2.05, 4.69) is 31.8 Å². The molecule has 1 fully saturated rings. The highest BCUT2D eigenvalue weighted by Gasteiger charge is 2.17. The number of rotatable bonds is 3. The van der Waals surface area contributed by atoms with Crippen LogP contribution in [0.5, 0.6) is 11.5 Å². The standard InChI is InChI=1S/C18H19FN6O/c1-24-6-8-25(9-7-24)16-11-22-17-15(4-5-21-18(17)23-16)26-12-2-3-14(20)13(19)10-12/h2-5,10-11H,6-9,20H2,1H3.